The van der Waals surface area contributed by atoms with Crippen molar-refractivity contribution >= 4 is 27.8 Å². The summed E-state index contributed by atoms with van der Waals surface area (Å²) in [4.78, 5) is 13.7. The molecule has 0 spiro atoms. The first-order valence-corrected chi connectivity index (χ1v) is 10.2. The zero-order valence-electron chi connectivity index (χ0n) is 16.9. The average molecular weight is 448 g/mol. The van der Waals surface area contributed by atoms with Crippen LogP contribution < -0.4 is 5.32 Å². The maximum atomic E-state index is 4.66. The van der Waals surface area contributed by atoms with Crippen LogP contribution in [0.25, 0.3) is 16.9 Å². The number of hydrogen-bond donors (Lipinski definition) is 1. The molecule has 6 heteroatoms. The molecule has 0 aliphatic rings. The van der Waals surface area contributed by atoms with Gasteiger partial charge in [-0.2, -0.15) is 0 Å². The molecule has 0 saturated carbocycles. The minimum absolute atomic E-state index is 0.542. The van der Waals surface area contributed by atoms with Crippen molar-refractivity contribution in [1.29, 1.82) is 0 Å². The number of imidazole rings is 1. The minimum Gasteiger partial charge on any atom is -0.294 e. The Morgan fingerprint density at radius 3 is 2.17 bits per heavy atom. The van der Waals surface area contributed by atoms with E-state index in [-0.39, 0.29) is 0 Å². The third kappa shape index (κ3) is 4.07. The van der Waals surface area contributed by atoms with Crippen LogP contribution in [0.5, 0.6) is 0 Å². The highest BCUT2D eigenvalue weighted by atomic mass is 79.9. The van der Waals surface area contributed by atoms with Gasteiger partial charge in [0.15, 0.2) is 0 Å². The zero-order chi connectivity index (χ0) is 20.5. The SMILES string of the molecule is Cc1cc(C)nc(Nc2ncc(-c3ccc(Br)cc3)n2-c2ccc(C)c(C)c2)n1. The third-order valence-electron chi connectivity index (χ3n) is 4.86. The van der Waals surface area contributed by atoms with Crippen molar-refractivity contribution in [3.8, 4) is 16.9 Å². The molecule has 0 radical (unpaired) electrons. The van der Waals surface area contributed by atoms with Crippen molar-refractivity contribution < 1.29 is 0 Å². The molecule has 0 saturated heterocycles. The lowest BCUT2D eigenvalue weighted by atomic mass is 10.1. The second-order valence-corrected chi connectivity index (χ2v) is 8.09. The topological polar surface area (TPSA) is 55.6 Å². The van der Waals surface area contributed by atoms with E-state index in [0.717, 1.165) is 32.8 Å². The van der Waals surface area contributed by atoms with Gasteiger partial charge in [-0.25, -0.2) is 15.0 Å². The maximum absolute atomic E-state index is 4.66. The van der Waals surface area contributed by atoms with Gasteiger partial charge in [0.05, 0.1) is 11.9 Å². The van der Waals surface area contributed by atoms with Crippen LogP contribution in [0.15, 0.2) is 59.2 Å². The first-order valence-electron chi connectivity index (χ1n) is 9.41. The van der Waals surface area contributed by atoms with Crippen LogP contribution in [0.1, 0.15) is 22.5 Å². The lowest BCUT2D eigenvalue weighted by Gasteiger charge is -2.15. The molecule has 146 valence electrons. The van der Waals surface area contributed by atoms with Crippen molar-refractivity contribution in [2.45, 2.75) is 27.7 Å². The monoisotopic (exact) mass is 447 g/mol. The summed E-state index contributed by atoms with van der Waals surface area (Å²) in [5, 5.41) is 3.31. The number of aryl methyl sites for hydroxylation is 4. The molecule has 0 bridgehead atoms. The molecule has 0 amide bonds. The maximum Gasteiger partial charge on any atom is 0.229 e. The van der Waals surface area contributed by atoms with Gasteiger partial charge in [-0.05, 0) is 69.2 Å². The van der Waals surface area contributed by atoms with E-state index in [1.165, 1.54) is 11.1 Å². The number of aromatic nitrogens is 4. The Hall–Kier alpha value is -2.99. The van der Waals surface area contributed by atoms with Crippen LogP contribution in [0, 0.1) is 27.7 Å². The zero-order valence-corrected chi connectivity index (χ0v) is 18.4. The molecule has 0 aliphatic heterocycles. The number of hydrogen-bond acceptors (Lipinski definition) is 4. The van der Waals surface area contributed by atoms with Gasteiger partial charge in [0.25, 0.3) is 0 Å². The van der Waals surface area contributed by atoms with E-state index in [4.69, 9.17) is 0 Å². The predicted octanol–water partition coefficient (Wildman–Crippen LogP) is 6.07. The van der Waals surface area contributed by atoms with Crippen molar-refractivity contribution in [2.75, 3.05) is 5.32 Å². The number of nitrogens with zero attached hydrogens (tertiary/aromatic N) is 4. The summed E-state index contributed by atoms with van der Waals surface area (Å²) in [5.41, 5.74) is 7.42. The quantitative estimate of drug-likeness (QED) is 0.412. The van der Waals surface area contributed by atoms with Gasteiger partial charge in [-0.1, -0.05) is 34.1 Å². The Morgan fingerprint density at radius 2 is 1.52 bits per heavy atom. The number of benzene rings is 2. The number of halogens is 1. The lowest BCUT2D eigenvalue weighted by Crippen LogP contribution is -2.07. The van der Waals surface area contributed by atoms with Crippen LogP contribution in [-0.4, -0.2) is 19.5 Å². The summed E-state index contributed by atoms with van der Waals surface area (Å²) in [6.07, 6.45) is 1.88. The summed E-state index contributed by atoms with van der Waals surface area (Å²) in [5.74, 6) is 1.22. The molecule has 29 heavy (non-hydrogen) atoms. The highest BCUT2D eigenvalue weighted by Crippen LogP contribution is 2.30. The molecule has 2 aromatic carbocycles. The highest BCUT2D eigenvalue weighted by molar-refractivity contribution is 9.10. The van der Waals surface area contributed by atoms with Crippen molar-refractivity contribution in [1.82, 2.24) is 19.5 Å². The Bertz CT molecular complexity index is 1160. The van der Waals surface area contributed by atoms with Crippen molar-refractivity contribution in [3.05, 3.63) is 81.7 Å². The Morgan fingerprint density at radius 1 is 0.828 bits per heavy atom. The average Bonchev–Trinajstić information content (AvgIpc) is 3.07. The number of nitrogens with one attached hydrogen (secondary N) is 1. The first kappa shape index (κ1) is 19.3. The molecule has 4 aromatic rings. The van der Waals surface area contributed by atoms with E-state index in [1.807, 2.05) is 38.2 Å². The largest absolute Gasteiger partial charge is 0.294 e. The van der Waals surface area contributed by atoms with Gasteiger partial charge < -0.3 is 0 Å². The van der Waals surface area contributed by atoms with Crippen LogP contribution >= 0.6 is 15.9 Å². The molecule has 0 atom stereocenters. The van der Waals surface area contributed by atoms with Crippen LogP contribution in [0.4, 0.5) is 11.9 Å². The van der Waals surface area contributed by atoms with Gasteiger partial charge in [-0.3, -0.25) is 9.88 Å². The summed E-state index contributed by atoms with van der Waals surface area (Å²) >= 11 is 3.51. The van der Waals surface area contributed by atoms with Gasteiger partial charge in [0.1, 0.15) is 0 Å². The van der Waals surface area contributed by atoms with Crippen molar-refractivity contribution in [3.63, 3.8) is 0 Å². The van der Waals surface area contributed by atoms with E-state index in [0.29, 0.717) is 11.9 Å². The van der Waals surface area contributed by atoms with Gasteiger partial charge in [0.2, 0.25) is 11.9 Å². The molecule has 5 nitrogen and oxygen atoms in total. The standard InChI is InChI=1S/C23H22BrN5/c1-14-5-10-20(11-15(14)2)29-21(18-6-8-19(24)9-7-18)13-25-23(29)28-22-26-16(3)12-17(4)27-22/h5-13H,1-4H3,(H,25,26,27,28). The smallest absolute Gasteiger partial charge is 0.229 e. The molecule has 2 heterocycles. The Labute approximate surface area is 179 Å². The molecule has 1 N–H and O–H groups in total. The summed E-state index contributed by atoms with van der Waals surface area (Å²) in [6, 6.07) is 16.6. The molecule has 0 aliphatic carbocycles. The second kappa shape index (κ2) is 7.79. The van der Waals surface area contributed by atoms with E-state index < -0.39 is 0 Å². The van der Waals surface area contributed by atoms with E-state index in [1.54, 1.807) is 0 Å². The summed E-state index contributed by atoms with van der Waals surface area (Å²) in [7, 11) is 0. The first-order chi connectivity index (χ1) is 13.9. The fraction of sp³-hybridized carbons (Fsp3) is 0.174. The third-order valence-corrected chi connectivity index (χ3v) is 5.39. The van der Waals surface area contributed by atoms with E-state index >= 15 is 0 Å². The van der Waals surface area contributed by atoms with Crippen molar-refractivity contribution in [2.24, 2.45) is 0 Å². The lowest BCUT2D eigenvalue weighted by molar-refractivity contribution is 1.02. The van der Waals surface area contributed by atoms with Crippen LogP contribution in [-0.2, 0) is 0 Å². The molecule has 4 rings (SSSR count). The number of rotatable bonds is 4. The predicted molar refractivity (Wildman–Crippen MR) is 121 cm³/mol. The molecule has 2 aromatic heterocycles. The van der Waals surface area contributed by atoms with Gasteiger partial charge in [0, 0.05) is 27.1 Å². The summed E-state index contributed by atoms with van der Waals surface area (Å²) in [6.45, 7) is 8.16. The van der Waals surface area contributed by atoms with Crippen LogP contribution in [0.3, 0.4) is 0 Å². The van der Waals surface area contributed by atoms with E-state index in [9.17, 15) is 0 Å². The minimum atomic E-state index is 0.542. The normalized spacial score (nSPS) is 10.9. The highest BCUT2D eigenvalue weighted by Gasteiger charge is 2.15. The second-order valence-electron chi connectivity index (χ2n) is 7.18. The Kier molecular flexibility index (Phi) is 5.20. The molecular formula is C23H22BrN5. The Balaban J connectivity index is 1.86. The molecular weight excluding hydrogens is 426 g/mol. The van der Waals surface area contributed by atoms with Crippen LogP contribution in [0.2, 0.25) is 0 Å². The van der Waals surface area contributed by atoms with Gasteiger partial charge in [-0.15, -0.1) is 0 Å². The summed E-state index contributed by atoms with van der Waals surface area (Å²) < 4.78 is 3.15. The van der Waals surface area contributed by atoms with Gasteiger partial charge >= 0.3 is 0 Å². The number of anilines is 2. The molecule has 0 fully saturated rings. The fourth-order valence-corrected chi connectivity index (χ4v) is 3.54. The van der Waals surface area contributed by atoms with E-state index in [2.05, 4.69) is 84.9 Å². The molecule has 0 unspecified atom stereocenters. The fourth-order valence-electron chi connectivity index (χ4n) is 3.27.